The molecule has 0 aliphatic heterocycles. The highest BCUT2D eigenvalue weighted by Crippen LogP contribution is 2.05. The minimum absolute atomic E-state index is 0.808. The van der Waals surface area contributed by atoms with Crippen molar-refractivity contribution < 1.29 is 4.74 Å². The Morgan fingerprint density at radius 3 is 2.89 bits per heavy atom. The van der Waals surface area contributed by atoms with Crippen LogP contribution in [0.2, 0.25) is 0 Å². The van der Waals surface area contributed by atoms with Gasteiger partial charge in [0.05, 0.1) is 13.3 Å². The van der Waals surface area contributed by atoms with E-state index in [1.54, 1.807) is 19.5 Å². The van der Waals surface area contributed by atoms with Crippen molar-refractivity contribution in [3.63, 3.8) is 0 Å². The summed E-state index contributed by atoms with van der Waals surface area (Å²) >= 11 is 0. The Bertz CT molecular complexity index is 202. The smallest absolute Gasteiger partial charge is 0.144 e. The van der Waals surface area contributed by atoms with E-state index in [1.165, 1.54) is 0 Å². The Hall–Kier alpha value is -0.620. The fourth-order valence-electron chi connectivity index (χ4n) is 0.561. The van der Waals surface area contributed by atoms with Crippen molar-refractivity contribution in [1.82, 2.24) is 4.98 Å². The van der Waals surface area contributed by atoms with Gasteiger partial charge in [0.2, 0.25) is 0 Å². The van der Waals surface area contributed by atoms with Gasteiger partial charge in [-0.3, -0.25) is 4.98 Å². The van der Waals surface area contributed by atoms with Crippen LogP contribution in [0.5, 0.6) is 5.75 Å². The van der Waals surface area contributed by atoms with Crippen LogP contribution in [0, 0.1) is 0 Å². The van der Waals surface area contributed by atoms with Crippen LogP contribution in [0.3, 0.4) is 0 Å². The fourth-order valence-corrected chi connectivity index (χ4v) is 0.840. The predicted molar refractivity (Wildman–Crippen MR) is 40.1 cm³/mol. The lowest BCUT2D eigenvalue weighted by molar-refractivity contribution is 0.416. The number of hydrogen-bond donors (Lipinski definition) is 0. The van der Waals surface area contributed by atoms with Crippen molar-refractivity contribution in [2.24, 2.45) is 0 Å². The Balaban J connectivity index is 3.01. The zero-order chi connectivity index (χ0) is 6.69. The SMILES string of the molecule is COc1cnccc1P. The van der Waals surface area contributed by atoms with Gasteiger partial charge in [0, 0.05) is 11.5 Å². The molecule has 1 unspecified atom stereocenters. The predicted octanol–water partition coefficient (Wildman–Crippen LogP) is 0.591. The van der Waals surface area contributed by atoms with Gasteiger partial charge in [-0.1, -0.05) is 0 Å². The van der Waals surface area contributed by atoms with Gasteiger partial charge in [-0.05, 0) is 6.07 Å². The summed E-state index contributed by atoms with van der Waals surface area (Å²) in [6.45, 7) is 0. The first-order valence-electron chi connectivity index (χ1n) is 2.58. The molecule has 0 saturated heterocycles. The molecular weight excluding hydrogens is 133 g/mol. The average molecular weight is 141 g/mol. The lowest BCUT2D eigenvalue weighted by Gasteiger charge is -1.99. The molecule has 0 radical (unpaired) electrons. The molecule has 2 nitrogen and oxygen atoms in total. The lowest BCUT2D eigenvalue weighted by Crippen LogP contribution is -1.97. The number of nitrogens with zero attached hydrogens (tertiary/aromatic N) is 1. The van der Waals surface area contributed by atoms with Crippen LogP contribution in [0.1, 0.15) is 0 Å². The normalized spacial score (nSPS) is 9.11. The summed E-state index contributed by atoms with van der Waals surface area (Å²) in [4.78, 5) is 3.88. The topological polar surface area (TPSA) is 22.1 Å². The summed E-state index contributed by atoms with van der Waals surface area (Å²) < 4.78 is 4.96. The molecule has 1 heterocycles. The van der Waals surface area contributed by atoms with E-state index in [9.17, 15) is 0 Å². The Morgan fingerprint density at radius 2 is 2.44 bits per heavy atom. The second-order valence-electron chi connectivity index (χ2n) is 1.62. The van der Waals surface area contributed by atoms with Crippen LogP contribution >= 0.6 is 9.24 Å². The summed E-state index contributed by atoms with van der Waals surface area (Å²) in [5.41, 5.74) is 0. The van der Waals surface area contributed by atoms with E-state index in [1.807, 2.05) is 6.07 Å². The minimum atomic E-state index is 0.808. The molecule has 9 heavy (non-hydrogen) atoms. The van der Waals surface area contributed by atoms with Gasteiger partial charge in [0.15, 0.2) is 0 Å². The number of methoxy groups -OCH3 is 1. The van der Waals surface area contributed by atoms with Gasteiger partial charge < -0.3 is 4.74 Å². The molecule has 0 fully saturated rings. The van der Waals surface area contributed by atoms with E-state index >= 15 is 0 Å². The molecule has 0 N–H and O–H groups in total. The quantitative estimate of drug-likeness (QED) is 0.534. The van der Waals surface area contributed by atoms with Gasteiger partial charge in [0.1, 0.15) is 5.75 Å². The summed E-state index contributed by atoms with van der Waals surface area (Å²) in [5, 5.41) is 1.03. The van der Waals surface area contributed by atoms with E-state index in [-0.39, 0.29) is 0 Å². The zero-order valence-electron chi connectivity index (χ0n) is 5.16. The highest BCUT2D eigenvalue weighted by atomic mass is 31.0. The fraction of sp³-hybridized carbons (Fsp3) is 0.167. The van der Waals surface area contributed by atoms with Gasteiger partial charge in [-0.15, -0.1) is 9.24 Å². The Labute approximate surface area is 56.5 Å². The summed E-state index contributed by atoms with van der Waals surface area (Å²) in [6.07, 6.45) is 3.41. The first-order valence-corrected chi connectivity index (χ1v) is 3.16. The molecule has 0 aromatic carbocycles. The molecule has 1 rings (SSSR count). The molecule has 0 bridgehead atoms. The standard InChI is InChI=1S/C6H8NOP/c1-8-5-4-7-3-2-6(5)9/h2-4H,9H2,1H3. The maximum atomic E-state index is 4.96. The monoisotopic (exact) mass is 141 g/mol. The van der Waals surface area contributed by atoms with Crippen LogP contribution in [0.4, 0.5) is 0 Å². The highest BCUT2D eigenvalue weighted by Gasteiger charge is 1.92. The van der Waals surface area contributed by atoms with Crippen molar-refractivity contribution in [2.45, 2.75) is 0 Å². The van der Waals surface area contributed by atoms with E-state index in [0.29, 0.717) is 0 Å². The Kier molecular flexibility index (Phi) is 2.01. The van der Waals surface area contributed by atoms with E-state index < -0.39 is 0 Å². The highest BCUT2D eigenvalue weighted by molar-refractivity contribution is 7.27. The third-order valence-corrected chi connectivity index (χ3v) is 1.51. The first-order chi connectivity index (χ1) is 4.34. The number of pyridine rings is 1. The molecule has 1 atom stereocenters. The zero-order valence-corrected chi connectivity index (χ0v) is 6.32. The van der Waals surface area contributed by atoms with Crippen LogP contribution in [-0.2, 0) is 0 Å². The lowest BCUT2D eigenvalue weighted by atomic mass is 10.5. The van der Waals surface area contributed by atoms with Crippen molar-refractivity contribution in [3.8, 4) is 5.75 Å². The molecule has 3 heteroatoms. The molecule has 0 spiro atoms. The van der Waals surface area contributed by atoms with Gasteiger partial charge in [-0.25, -0.2) is 0 Å². The summed E-state index contributed by atoms with van der Waals surface area (Å²) in [6, 6.07) is 1.88. The van der Waals surface area contributed by atoms with Crippen LogP contribution < -0.4 is 10.0 Å². The maximum absolute atomic E-state index is 4.96. The number of aromatic nitrogens is 1. The number of ether oxygens (including phenoxy) is 1. The molecule has 1 aromatic rings. The van der Waals surface area contributed by atoms with Crippen molar-refractivity contribution in [2.75, 3.05) is 7.11 Å². The second kappa shape index (κ2) is 2.79. The largest absolute Gasteiger partial charge is 0.494 e. The van der Waals surface area contributed by atoms with Crippen molar-refractivity contribution >= 4 is 14.5 Å². The molecule has 48 valence electrons. The van der Waals surface area contributed by atoms with Gasteiger partial charge in [-0.2, -0.15) is 0 Å². The Morgan fingerprint density at radius 1 is 1.67 bits per heavy atom. The molecule has 0 saturated carbocycles. The molecule has 0 amide bonds. The molecule has 1 aromatic heterocycles. The van der Waals surface area contributed by atoms with E-state index in [4.69, 9.17) is 4.74 Å². The second-order valence-corrected chi connectivity index (χ2v) is 2.24. The van der Waals surface area contributed by atoms with Crippen LogP contribution in [0.15, 0.2) is 18.5 Å². The first kappa shape index (κ1) is 6.50. The summed E-state index contributed by atoms with van der Waals surface area (Å²) in [7, 11) is 4.20. The number of hydrogen-bond acceptors (Lipinski definition) is 2. The third-order valence-electron chi connectivity index (χ3n) is 1.04. The van der Waals surface area contributed by atoms with Gasteiger partial charge in [0.25, 0.3) is 0 Å². The number of rotatable bonds is 1. The van der Waals surface area contributed by atoms with Crippen molar-refractivity contribution in [1.29, 1.82) is 0 Å². The maximum Gasteiger partial charge on any atom is 0.144 e. The van der Waals surface area contributed by atoms with Crippen molar-refractivity contribution in [3.05, 3.63) is 18.5 Å². The van der Waals surface area contributed by atoms with E-state index in [2.05, 4.69) is 14.2 Å². The molecule has 0 aliphatic rings. The average Bonchev–Trinajstić information content (AvgIpc) is 1.89. The summed E-state index contributed by atoms with van der Waals surface area (Å²) in [5.74, 6) is 0.808. The molecule has 0 aliphatic carbocycles. The minimum Gasteiger partial charge on any atom is -0.494 e. The molecular formula is C6H8NOP. The van der Waals surface area contributed by atoms with Gasteiger partial charge >= 0.3 is 0 Å². The third kappa shape index (κ3) is 1.39. The van der Waals surface area contributed by atoms with E-state index in [0.717, 1.165) is 11.1 Å². The van der Waals surface area contributed by atoms with Crippen LogP contribution in [0.25, 0.3) is 0 Å². The van der Waals surface area contributed by atoms with Crippen LogP contribution in [-0.4, -0.2) is 12.1 Å².